The van der Waals surface area contributed by atoms with E-state index in [0.29, 0.717) is 4.48 Å². The van der Waals surface area contributed by atoms with Crippen LogP contribution in [0.15, 0.2) is 28.7 Å². The predicted octanol–water partition coefficient (Wildman–Crippen LogP) is 2.56. The third-order valence-corrected chi connectivity index (χ3v) is 10.6. The van der Waals surface area contributed by atoms with E-state index in [4.69, 9.17) is 25.3 Å². The average molecular weight is 375 g/mol. The molecule has 0 saturated carbocycles. The van der Waals surface area contributed by atoms with E-state index in [9.17, 15) is 4.79 Å². The van der Waals surface area contributed by atoms with Gasteiger partial charge < -0.3 is 0 Å². The first-order chi connectivity index (χ1) is 6.96. The summed E-state index contributed by atoms with van der Waals surface area (Å²) in [6, 6.07) is 7.23. The number of carbonyl (C=O) groups is 1. The van der Waals surface area contributed by atoms with Crippen LogP contribution in [-0.2, 0) is 4.79 Å². The van der Waals surface area contributed by atoms with Crippen molar-refractivity contribution < 1.29 is 9.90 Å². The number of carboxylic acid groups (broad SMARTS) is 1. The molecule has 0 aliphatic carbocycles. The van der Waals surface area contributed by atoms with Crippen molar-refractivity contribution in [3.8, 4) is 0 Å². The van der Waals surface area contributed by atoms with Crippen molar-refractivity contribution >= 4 is 62.1 Å². The third-order valence-electron chi connectivity index (χ3n) is 2.05. The van der Waals surface area contributed by atoms with E-state index in [1.807, 2.05) is 12.1 Å². The summed E-state index contributed by atoms with van der Waals surface area (Å²) >= 11 is 0.0157. The third kappa shape index (κ3) is 1.65. The zero-order valence-electron chi connectivity index (χ0n) is 7.21. The molecule has 0 unspecified atom stereocenters. The Labute approximate surface area is 106 Å². The number of rotatable bonds is 1. The maximum atomic E-state index is 11.1. The van der Waals surface area contributed by atoms with Crippen molar-refractivity contribution in [2.24, 2.45) is 0 Å². The van der Waals surface area contributed by atoms with Crippen LogP contribution in [-0.4, -0.2) is 22.1 Å². The molecule has 0 spiro atoms. The van der Waals surface area contributed by atoms with Gasteiger partial charge in [0.25, 0.3) is 0 Å². The fourth-order valence-corrected chi connectivity index (χ4v) is 10.4. The zero-order chi connectivity index (χ0) is 11.2. The topological polar surface area (TPSA) is 37.3 Å². The van der Waals surface area contributed by atoms with Gasteiger partial charge in [-0.3, -0.25) is 0 Å². The summed E-state index contributed by atoms with van der Waals surface area (Å²) < 4.78 is 1.38. The van der Waals surface area contributed by atoms with Crippen LogP contribution in [0.25, 0.3) is 4.48 Å². The number of carboxylic acids is 1. The van der Waals surface area contributed by atoms with Crippen molar-refractivity contribution in [3.05, 3.63) is 34.3 Å². The SMILES string of the molecule is O=C(O)C1=C(Br)c2ccccc2[Se]1(Cl)Cl. The van der Waals surface area contributed by atoms with Crippen LogP contribution in [0.1, 0.15) is 5.56 Å². The molecular formula is C9H5BrCl2O2Se. The second-order valence-electron chi connectivity index (χ2n) is 2.91. The van der Waals surface area contributed by atoms with Gasteiger partial charge in [0.2, 0.25) is 0 Å². The molecule has 2 nitrogen and oxygen atoms in total. The van der Waals surface area contributed by atoms with Crippen molar-refractivity contribution in [2.75, 3.05) is 0 Å². The van der Waals surface area contributed by atoms with Crippen LogP contribution >= 0.6 is 36.1 Å². The molecular weight excluding hydrogens is 370 g/mol. The van der Waals surface area contributed by atoms with E-state index in [2.05, 4.69) is 15.9 Å². The average Bonchev–Trinajstić information content (AvgIpc) is 2.36. The van der Waals surface area contributed by atoms with Crippen LogP contribution in [0, 0.1) is 0 Å². The van der Waals surface area contributed by atoms with Gasteiger partial charge in [0.1, 0.15) is 0 Å². The standard InChI is InChI=1S/C9H5BrCl2O2Se/c10-7-5-3-1-2-4-6(5)15(11,12)8(7)9(13)14/h1-4H,(H,13,14). The van der Waals surface area contributed by atoms with Crippen molar-refractivity contribution in [3.63, 3.8) is 0 Å². The van der Waals surface area contributed by atoms with Gasteiger partial charge in [0.05, 0.1) is 0 Å². The number of aliphatic carboxylic acids is 1. The first-order valence-electron chi connectivity index (χ1n) is 3.91. The fourth-order valence-electron chi connectivity index (χ4n) is 1.42. The molecule has 0 fully saturated rings. The van der Waals surface area contributed by atoms with Gasteiger partial charge >= 0.3 is 106 Å². The fraction of sp³-hybridized carbons (Fsp3) is 0. The molecule has 1 aliphatic rings. The van der Waals surface area contributed by atoms with Crippen molar-refractivity contribution in [2.45, 2.75) is 0 Å². The van der Waals surface area contributed by atoms with Crippen molar-refractivity contribution in [1.29, 1.82) is 0 Å². The molecule has 0 saturated heterocycles. The van der Waals surface area contributed by atoms with Crippen LogP contribution < -0.4 is 4.46 Å². The Hall–Kier alpha value is 0.00948. The quantitative estimate of drug-likeness (QED) is 0.767. The van der Waals surface area contributed by atoms with E-state index >= 15 is 0 Å². The molecule has 1 aromatic carbocycles. The minimum atomic E-state index is -3.23. The molecule has 2 rings (SSSR count). The minimum absolute atomic E-state index is 0.121. The Kier molecular flexibility index (Phi) is 2.90. The molecule has 80 valence electrons. The predicted molar refractivity (Wildman–Crippen MR) is 67.0 cm³/mol. The Morgan fingerprint density at radius 2 is 1.93 bits per heavy atom. The van der Waals surface area contributed by atoms with Crippen molar-refractivity contribution in [1.82, 2.24) is 0 Å². The summed E-state index contributed by atoms with van der Waals surface area (Å²) in [6.07, 6.45) is 0. The summed E-state index contributed by atoms with van der Waals surface area (Å²) in [5.74, 6) is -1.05. The number of hydrogen-bond acceptors (Lipinski definition) is 1. The van der Waals surface area contributed by atoms with Gasteiger partial charge in [-0.1, -0.05) is 0 Å². The molecule has 0 amide bonds. The summed E-state index contributed by atoms with van der Waals surface area (Å²) in [5.41, 5.74) is 0.792. The summed E-state index contributed by atoms with van der Waals surface area (Å²) in [4.78, 5) is 11.1. The Morgan fingerprint density at radius 1 is 1.33 bits per heavy atom. The first-order valence-corrected chi connectivity index (χ1v) is 10.9. The molecule has 0 atom stereocenters. The van der Waals surface area contributed by atoms with Gasteiger partial charge in [-0.25, -0.2) is 0 Å². The summed E-state index contributed by atoms with van der Waals surface area (Å²) in [6.45, 7) is 0. The Balaban J connectivity index is 2.74. The van der Waals surface area contributed by atoms with E-state index < -0.39 is 17.0 Å². The van der Waals surface area contributed by atoms with E-state index in [1.165, 1.54) is 0 Å². The van der Waals surface area contributed by atoms with E-state index in [0.717, 1.165) is 10.0 Å². The normalized spacial score (nSPS) is 19.9. The number of halogens is 3. The molecule has 1 N–H and O–H groups in total. The molecule has 15 heavy (non-hydrogen) atoms. The summed E-state index contributed by atoms with van der Waals surface area (Å²) in [7, 11) is 12.4. The number of benzene rings is 1. The summed E-state index contributed by atoms with van der Waals surface area (Å²) in [5, 5.41) is 9.07. The second kappa shape index (κ2) is 3.79. The Bertz CT molecular complexity index is 485. The molecule has 1 aliphatic heterocycles. The molecule has 1 aromatic rings. The number of fused-ring (bicyclic) bond motifs is 1. The van der Waals surface area contributed by atoms with Crippen LogP contribution in [0.2, 0.25) is 0 Å². The van der Waals surface area contributed by atoms with Gasteiger partial charge in [-0.15, -0.1) is 0 Å². The Morgan fingerprint density at radius 3 is 2.47 bits per heavy atom. The van der Waals surface area contributed by atoms with Crippen LogP contribution in [0.5, 0.6) is 0 Å². The monoisotopic (exact) mass is 374 g/mol. The molecule has 0 aromatic heterocycles. The van der Waals surface area contributed by atoms with Crippen LogP contribution in [0.4, 0.5) is 0 Å². The molecule has 6 heteroatoms. The van der Waals surface area contributed by atoms with Crippen LogP contribution in [0.3, 0.4) is 0 Å². The molecule has 0 bridgehead atoms. The first kappa shape index (κ1) is 11.5. The van der Waals surface area contributed by atoms with E-state index in [-0.39, 0.29) is 4.47 Å². The van der Waals surface area contributed by atoms with Gasteiger partial charge in [-0.2, -0.15) is 0 Å². The molecule has 1 heterocycles. The van der Waals surface area contributed by atoms with E-state index in [1.54, 1.807) is 12.1 Å². The number of hydrogen-bond donors (Lipinski definition) is 1. The zero-order valence-corrected chi connectivity index (χ0v) is 12.0. The van der Waals surface area contributed by atoms with Gasteiger partial charge in [0.15, 0.2) is 0 Å². The maximum absolute atomic E-state index is 11.1. The van der Waals surface area contributed by atoms with Gasteiger partial charge in [-0.05, 0) is 0 Å². The molecule has 0 radical (unpaired) electrons. The second-order valence-corrected chi connectivity index (χ2v) is 13.1. The van der Waals surface area contributed by atoms with Gasteiger partial charge in [0, 0.05) is 0 Å².